The van der Waals surface area contributed by atoms with Crippen LogP contribution in [0.25, 0.3) is 11.1 Å². The fraction of sp³-hybridized carbons (Fsp3) is 0.474. The molecule has 1 atom stereocenters. The Morgan fingerprint density at radius 2 is 1.26 bits per heavy atom. The molecule has 0 aromatic heterocycles. The lowest BCUT2D eigenvalue weighted by molar-refractivity contribution is -0.361. The van der Waals surface area contributed by atoms with Gasteiger partial charge in [0.15, 0.2) is 11.6 Å². The predicted molar refractivity (Wildman–Crippen MR) is 178 cm³/mol. The molecule has 292 valence electrons. The van der Waals surface area contributed by atoms with Crippen molar-refractivity contribution in [2.24, 2.45) is 0 Å². The number of carbonyl (C=O) groups is 2. The van der Waals surface area contributed by atoms with Gasteiger partial charge in [-0.15, -0.1) is 0 Å². The maximum atomic E-state index is 14.7. The Labute approximate surface area is 301 Å². The first kappa shape index (κ1) is 43.1. The zero-order valence-electron chi connectivity index (χ0n) is 29.2. The Bertz CT molecular complexity index is 1610. The Hall–Kier alpha value is -4.27. The minimum Gasteiger partial charge on any atom is -0.490 e. The van der Waals surface area contributed by atoms with Crippen molar-refractivity contribution in [1.29, 1.82) is 0 Å². The zero-order chi connectivity index (χ0) is 39.2. The predicted octanol–water partition coefficient (Wildman–Crippen LogP) is 11.2. The average Bonchev–Trinajstić information content (AvgIpc) is 3.11. The Balaban J connectivity index is 1.42. The van der Waals surface area contributed by atoms with E-state index in [9.17, 15) is 49.1 Å². The molecule has 0 saturated heterocycles. The Morgan fingerprint density at radius 1 is 0.679 bits per heavy atom. The SMILES string of the molecule is CCCCCC[C@H](C)OC(=O)c1ccc(-c2ccc(OC(=O)c3ccc(OCCCCCCOCC(F)(F)C(F)(F)C(F)(F)F)c(F)c3F)cc2)cc1. The van der Waals surface area contributed by atoms with E-state index in [1.54, 1.807) is 36.4 Å². The molecule has 15 heteroatoms. The van der Waals surface area contributed by atoms with Crippen LogP contribution in [-0.4, -0.2) is 55.9 Å². The summed E-state index contributed by atoms with van der Waals surface area (Å²) in [6, 6.07) is 15.0. The maximum Gasteiger partial charge on any atom is 0.459 e. The molecule has 0 aliphatic rings. The molecule has 0 radical (unpaired) electrons. The van der Waals surface area contributed by atoms with Gasteiger partial charge in [-0.1, -0.05) is 56.9 Å². The van der Waals surface area contributed by atoms with Gasteiger partial charge < -0.3 is 18.9 Å². The highest BCUT2D eigenvalue weighted by Gasteiger charge is 2.73. The number of alkyl halides is 7. The van der Waals surface area contributed by atoms with E-state index in [-0.39, 0.29) is 37.7 Å². The summed E-state index contributed by atoms with van der Waals surface area (Å²) in [4.78, 5) is 25.1. The van der Waals surface area contributed by atoms with E-state index in [2.05, 4.69) is 11.7 Å². The summed E-state index contributed by atoms with van der Waals surface area (Å²) in [5, 5.41) is 0. The van der Waals surface area contributed by atoms with E-state index in [4.69, 9.17) is 14.2 Å². The number of carbonyl (C=O) groups excluding carboxylic acids is 2. The van der Waals surface area contributed by atoms with E-state index >= 15 is 0 Å². The van der Waals surface area contributed by atoms with Gasteiger partial charge in [-0.2, -0.15) is 35.1 Å². The quantitative estimate of drug-likeness (QED) is 0.0466. The summed E-state index contributed by atoms with van der Waals surface area (Å²) in [7, 11) is 0. The van der Waals surface area contributed by atoms with Crippen molar-refractivity contribution >= 4 is 11.9 Å². The summed E-state index contributed by atoms with van der Waals surface area (Å²) >= 11 is 0. The van der Waals surface area contributed by atoms with Crippen LogP contribution in [0.5, 0.6) is 11.5 Å². The fourth-order valence-corrected chi connectivity index (χ4v) is 4.99. The molecule has 3 aromatic carbocycles. The highest BCUT2D eigenvalue weighted by molar-refractivity contribution is 5.92. The van der Waals surface area contributed by atoms with Crippen molar-refractivity contribution in [3.8, 4) is 22.6 Å². The van der Waals surface area contributed by atoms with Gasteiger partial charge in [0.05, 0.1) is 23.8 Å². The van der Waals surface area contributed by atoms with Crippen molar-refractivity contribution in [1.82, 2.24) is 0 Å². The normalized spacial score (nSPS) is 12.7. The molecule has 0 bridgehead atoms. The molecule has 0 saturated carbocycles. The third-order valence-electron chi connectivity index (χ3n) is 8.10. The van der Waals surface area contributed by atoms with Gasteiger partial charge in [0, 0.05) is 6.61 Å². The van der Waals surface area contributed by atoms with Crippen molar-refractivity contribution in [3.63, 3.8) is 0 Å². The van der Waals surface area contributed by atoms with Crippen LogP contribution in [0.15, 0.2) is 60.7 Å². The second-order valence-electron chi connectivity index (χ2n) is 12.4. The van der Waals surface area contributed by atoms with Gasteiger partial charge in [0.1, 0.15) is 12.4 Å². The largest absolute Gasteiger partial charge is 0.490 e. The molecule has 0 amide bonds. The lowest BCUT2D eigenvalue weighted by Gasteiger charge is -2.27. The molecule has 3 aromatic rings. The lowest BCUT2D eigenvalue weighted by atomic mass is 10.0. The highest BCUT2D eigenvalue weighted by atomic mass is 19.4. The van der Waals surface area contributed by atoms with E-state index in [0.29, 0.717) is 12.0 Å². The van der Waals surface area contributed by atoms with Crippen molar-refractivity contribution in [3.05, 3.63) is 83.4 Å². The van der Waals surface area contributed by atoms with Crippen molar-refractivity contribution < 1.29 is 68.1 Å². The third kappa shape index (κ3) is 12.4. The summed E-state index contributed by atoms with van der Waals surface area (Å²) in [5.41, 5.74) is 1.23. The summed E-state index contributed by atoms with van der Waals surface area (Å²) in [6.07, 6.45) is -0.507. The molecule has 3 rings (SSSR count). The number of esters is 2. The Morgan fingerprint density at radius 3 is 1.87 bits per heavy atom. The van der Waals surface area contributed by atoms with E-state index in [1.165, 1.54) is 12.1 Å². The standard InChI is InChI=1S/C38H41F9O6/c1-3-4-5-8-11-25(2)52-34(48)28-14-12-26(13-15-28)27-16-18-29(19-17-27)53-35(49)30-20-21-31(33(40)32(30)39)51-23-10-7-6-9-22-50-24-36(41,42)37(43,44)38(45,46)47/h12-21,25H,3-11,22-24H2,1-2H3/t25-/m0/s1. The second-order valence-corrected chi connectivity index (χ2v) is 12.4. The number of ether oxygens (including phenoxy) is 4. The van der Waals surface area contributed by atoms with Crippen LogP contribution in [-0.2, 0) is 9.47 Å². The monoisotopic (exact) mass is 764 g/mol. The van der Waals surface area contributed by atoms with Gasteiger partial charge in [-0.3, -0.25) is 0 Å². The van der Waals surface area contributed by atoms with Crippen LogP contribution in [0.1, 0.15) is 92.4 Å². The molecule has 0 N–H and O–H groups in total. The Kier molecular flexibility index (Phi) is 16.0. The van der Waals surface area contributed by atoms with Crippen molar-refractivity contribution in [2.75, 3.05) is 19.8 Å². The first-order valence-corrected chi connectivity index (χ1v) is 17.1. The van der Waals surface area contributed by atoms with Crippen LogP contribution in [0.2, 0.25) is 0 Å². The molecular formula is C38H41F9O6. The smallest absolute Gasteiger partial charge is 0.459 e. The second kappa shape index (κ2) is 19.7. The molecule has 0 unspecified atom stereocenters. The molecule has 6 nitrogen and oxygen atoms in total. The first-order chi connectivity index (χ1) is 25.0. The average molecular weight is 765 g/mol. The van der Waals surface area contributed by atoms with Gasteiger partial charge in [0.25, 0.3) is 0 Å². The topological polar surface area (TPSA) is 71.1 Å². The van der Waals surface area contributed by atoms with Gasteiger partial charge in [0.2, 0.25) is 5.82 Å². The number of rotatable bonds is 21. The molecule has 0 fully saturated rings. The number of benzene rings is 3. The van der Waals surface area contributed by atoms with Gasteiger partial charge in [-0.25, -0.2) is 14.0 Å². The van der Waals surface area contributed by atoms with E-state index in [1.807, 2.05) is 6.92 Å². The molecule has 0 aliphatic carbocycles. The summed E-state index contributed by atoms with van der Waals surface area (Å²) in [5.74, 6) is -16.6. The summed E-state index contributed by atoms with van der Waals surface area (Å²) < 4.78 is 138. The van der Waals surface area contributed by atoms with Crippen molar-refractivity contribution in [2.45, 2.75) is 95.8 Å². The van der Waals surface area contributed by atoms with Crippen LogP contribution < -0.4 is 9.47 Å². The van der Waals surface area contributed by atoms with Gasteiger partial charge >= 0.3 is 30.0 Å². The van der Waals surface area contributed by atoms with Crippen LogP contribution in [0.3, 0.4) is 0 Å². The highest BCUT2D eigenvalue weighted by Crippen LogP contribution is 2.46. The number of hydrogen-bond acceptors (Lipinski definition) is 6. The zero-order valence-corrected chi connectivity index (χ0v) is 29.2. The van der Waals surface area contributed by atoms with Crippen LogP contribution in [0.4, 0.5) is 39.5 Å². The van der Waals surface area contributed by atoms with Gasteiger partial charge in [-0.05, 0) is 86.6 Å². The molecule has 0 spiro atoms. The minimum absolute atomic E-state index is 0.0557. The van der Waals surface area contributed by atoms with E-state index in [0.717, 1.165) is 55.4 Å². The van der Waals surface area contributed by atoms with E-state index < -0.39 is 66.1 Å². The first-order valence-electron chi connectivity index (χ1n) is 17.1. The van der Waals surface area contributed by atoms with Crippen LogP contribution in [0, 0.1) is 11.6 Å². The molecule has 0 heterocycles. The third-order valence-corrected chi connectivity index (χ3v) is 8.10. The molecular weight excluding hydrogens is 723 g/mol. The number of hydrogen-bond donors (Lipinski definition) is 0. The lowest BCUT2D eigenvalue weighted by Crippen LogP contribution is -2.54. The maximum absolute atomic E-state index is 14.7. The molecule has 0 aliphatic heterocycles. The molecule has 53 heavy (non-hydrogen) atoms. The minimum atomic E-state index is -6.43. The fourth-order valence-electron chi connectivity index (χ4n) is 4.99. The number of unbranched alkanes of at least 4 members (excludes halogenated alkanes) is 6. The van der Waals surface area contributed by atoms with Crippen LogP contribution >= 0.6 is 0 Å². The summed E-state index contributed by atoms with van der Waals surface area (Å²) in [6.45, 7) is 1.27. The number of halogens is 9.